The van der Waals surface area contributed by atoms with Gasteiger partial charge in [0.25, 0.3) is 0 Å². The summed E-state index contributed by atoms with van der Waals surface area (Å²) in [6, 6.07) is 4.31. The predicted octanol–water partition coefficient (Wildman–Crippen LogP) is 3.76. The average Bonchev–Trinajstić information content (AvgIpc) is 2.64. The molecule has 1 nitrogen and oxygen atoms in total. The molecule has 0 radical (unpaired) electrons. The first-order valence-corrected chi connectivity index (χ1v) is 5.86. The second-order valence-electron chi connectivity index (χ2n) is 3.11. The van der Waals surface area contributed by atoms with Crippen molar-refractivity contribution in [2.24, 2.45) is 0 Å². The topological polar surface area (TPSA) is 9.23 Å². The molecule has 2 aromatic rings. The van der Waals surface area contributed by atoms with Crippen molar-refractivity contribution in [1.29, 1.82) is 0 Å². The summed E-state index contributed by atoms with van der Waals surface area (Å²) in [5.41, 5.74) is 1.25. The molecule has 1 aromatic heterocycles. The molecular weight excluding hydrogens is 212 g/mol. The zero-order chi connectivity index (χ0) is 10.1. The molecule has 74 valence electrons. The van der Waals surface area contributed by atoms with Crippen LogP contribution >= 0.6 is 24.0 Å². The summed E-state index contributed by atoms with van der Waals surface area (Å²) < 4.78 is 6.58. The summed E-state index contributed by atoms with van der Waals surface area (Å²) in [5, 5.41) is 3.33. The van der Waals surface area contributed by atoms with E-state index in [9.17, 15) is 0 Å². The number of hydrogen-bond donors (Lipinski definition) is 1. The third kappa shape index (κ3) is 1.41. The van der Waals surface area contributed by atoms with Crippen LogP contribution in [0.1, 0.15) is 12.5 Å². The lowest BCUT2D eigenvalue weighted by Gasteiger charge is -2.09. The fourth-order valence-electron chi connectivity index (χ4n) is 1.59. The first-order chi connectivity index (χ1) is 6.77. The summed E-state index contributed by atoms with van der Waals surface area (Å²) in [4.78, 5) is 0.977. The van der Waals surface area contributed by atoms with E-state index in [4.69, 9.17) is 4.74 Å². The maximum absolute atomic E-state index is 5.39. The van der Waals surface area contributed by atoms with E-state index >= 15 is 0 Å². The Morgan fingerprint density at radius 3 is 2.93 bits per heavy atom. The van der Waals surface area contributed by atoms with Gasteiger partial charge in [0.05, 0.1) is 16.7 Å². The van der Waals surface area contributed by atoms with Crippen molar-refractivity contribution < 1.29 is 4.74 Å². The highest BCUT2D eigenvalue weighted by Crippen LogP contribution is 2.38. The molecule has 1 aromatic carbocycles. The molecule has 0 bridgehead atoms. The van der Waals surface area contributed by atoms with E-state index in [2.05, 4.69) is 37.1 Å². The minimum atomic E-state index is 0.915. The van der Waals surface area contributed by atoms with Gasteiger partial charge in [-0.15, -0.1) is 24.0 Å². The van der Waals surface area contributed by atoms with E-state index < -0.39 is 0 Å². The van der Waals surface area contributed by atoms with E-state index in [1.54, 1.807) is 18.4 Å². The number of methoxy groups -OCH3 is 1. The smallest absolute Gasteiger partial charge is 0.150 e. The highest BCUT2D eigenvalue weighted by atomic mass is 32.1. The number of fused-ring (bicyclic) bond motifs is 1. The number of thiophene rings is 1. The lowest BCUT2D eigenvalue weighted by Crippen LogP contribution is -1.90. The zero-order valence-electron chi connectivity index (χ0n) is 8.20. The zero-order valence-corrected chi connectivity index (χ0v) is 9.91. The maximum atomic E-state index is 5.39. The van der Waals surface area contributed by atoms with Crippen LogP contribution in [0.5, 0.6) is 5.75 Å². The molecule has 0 aliphatic carbocycles. The molecule has 0 unspecified atom stereocenters. The number of hydrogen-bond acceptors (Lipinski definition) is 3. The third-order valence-corrected chi connectivity index (χ3v) is 3.76. The van der Waals surface area contributed by atoms with E-state index in [-0.39, 0.29) is 0 Å². The van der Waals surface area contributed by atoms with Crippen LogP contribution in [0.4, 0.5) is 0 Å². The van der Waals surface area contributed by atoms with Crippen LogP contribution in [-0.4, -0.2) is 7.11 Å². The molecule has 0 saturated heterocycles. The van der Waals surface area contributed by atoms with Crippen molar-refractivity contribution in [3.05, 3.63) is 23.1 Å². The molecule has 2 rings (SSSR count). The summed E-state index contributed by atoms with van der Waals surface area (Å²) in [6.07, 6.45) is 0.987. The fraction of sp³-hybridized carbons (Fsp3) is 0.273. The van der Waals surface area contributed by atoms with E-state index in [1.165, 1.54) is 15.6 Å². The van der Waals surface area contributed by atoms with Gasteiger partial charge in [-0.3, -0.25) is 0 Å². The van der Waals surface area contributed by atoms with Crippen molar-refractivity contribution in [2.45, 2.75) is 18.2 Å². The lowest BCUT2D eigenvalue weighted by atomic mass is 10.1. The van der Waals surface area contributed by atoms with Crippen molar-refractivity contribution in [3.8, 4) is 5.75 Å². The molecule has 14 heavy (non-hydrogen) atoms. The van der Waals surface area contributed by atoms with Crippen molar-refractivity contribution >= 4 is 34.1 Å². The van der Waals surface area contributed by atoms with Gasteiger partial charge in [0.2, 0.25) is 0 Å². The van der Waals surface area contributed by atoms with Crippen LogP contribution in [0, 0.1) is 0 Å². The van der Waals surface area contributed by atoms with Gasteiger partial charge in [0.15, 0.2) is 0 Å². The van der Waals surface area contributed by atoms with Gasteiger partial charge in [-0.1, -0.05) is 6.92 Å². The number of aryl methyl sites for hydroxylation is 1. The Balaban J connectivity index is 2.80. The highest BCUT2D eigenvalue weighted by Gasteiger charge is 2.10. The quantitative estimate of drug-likeness (QED) is 0.764. The summed E-state index contributed by atoms with van der Waals surface area (Å²) >= 11 is 6.20. The van der Waals surface area contributed by atoms with Gasteiger partial charge >= 0.3 is 0 Å². The Labute approximate surface area is 93.1 Å². The summed E-state index contributed by atoms with van der Waals surface area (Å²) in [6.45, 7) is 2.13. The average molecular weight is 224 g/mol. The lowest BCUT2D eigenvalue weighted by molar-refractivity contribution is 0.410. The van der Waals surface area contributed by atoms with Gasteiger partial charge in [-0.05, 0) is 34.9 Å². The number of benzene rings is 1. The number of rotatable bonds is 2. The van der Waals surface area contributed by atoms with Gasteiger partial charge in [-0.25, -0.2) is 0 Å². The standard InChI is InChI=1S/C11H12OS2/c1-3-7-6-8-4-5-14-11(8)9(12-2)10(7)13/h4-6,13H,3H2,1-2H3. The Hall–Kier alpha value is -0.670. The van der Waals surface area contributed by atoms with Gasteiger partial charge in [0.1, 0.15) is 5.75 Å². The second kappa shape index (κ2) is 3.83. The van der Waals surface area contributed by atoms with Crippen LogP contribution in [0.25, 0.3) is 10.1 Å². The van der Waals surface area contributed by atoms with Gasteiger partial charge in [0, 0.05) is 0 Å². The summed E-state index contributed by atoms with van der Waals surface area (Å²) in [7, 11) is 1.70. The van der Waals surface area contributed by atoms with Crippen LogP contribution < -0.4 is 4.74 Å². The Morgan fingerprint density at radius 2 is 2.29 bits per heavy atom. The monoisotopic (exact) mass is 224 g/mol. The highest BCUT2D eigenvalue weighted by molar-refractivity contribution is 7.80. The molecule has 0 aliphatic rings. The Morgan fingerprint density at radius 1 is 1.50 bits per heavy atom. The van der Waals surface area contributed by atoms with E-state index in [0.717, 1.165) is 17.1 Å². The predicted molar refractivity (Wildman–Crippen MR) is 65.0 cm³/mol. The van der Waals surface area contributed by atoms with Crippen molar-refractivity contribution in [1.82, 2.24) is 0 Å². The molecule has 0 amide bonds. The Bertz CT molecular complexity index is 460. The van der Waals surface area contributed by atoms with Crippen LogP contribution in [-0.2, 0) is 6.42 Å². The van der Waals surface area contributed by atoms with Gasteiger partial charge in [-0.2, -0.15) is 0 Å². The molecule has 0 aliphatic heterocycles. The third-order valence-electron chi connectivity index (χ3n) is 2.34. The number of thiol groups is 1. The molecule has 3 heteroatoms. The molecule has 0 fully saturated rings. The molecule has 0 atom stereocenters. The fourth-order valence-corrected chi connectivity index (χ4v) is 2.99. The molecule has 0 spiro atoms. The van der Waals surface area contributed by atoms with Crippen LogP contribution in [0.15, 0.2) is 22.4 Å². The van der Waals surface area contributed by atoms with Crippen molar-refractivity contribution in [3.63, 3.8) is 0 Å². The molecule has 0 N–H and O–H groups in total. The SMILES string of the molecule is CCc1cc2ccsc2c(OC)c1S. The van der Waals surface area contributed by atoms with Crippen molar-refractivity contribution in [2.75, 3.05) is 7.11 Å². The summed E-state index contributed by atoms with van der Waals surface area (Å²) in [5.74, 6) is 0.915. The van der Waals surface area contributed by atoms with Gasteiger partial charge < -0.3 is 4.74 Å². The molecule has 1 heterocycles. The largest absolute Gasteiger partial charge is 0.494 e. The Kier molecular flexibility index (Phi) is 2.70. The minimum Gasteiger partial charge on any atom is -0.494 e. The normalized spacial score (nSPS) is 10.8. The first-order valence-electron chi connectivity index (χ1n) is 4.54. The minimum absolute atomic E-state index is 0.915. The molecule has 0 saturated carbocycles. The van der Waals surface area contributed by atoms with Crippen LogP contribution in [0.3, 0.4) is 0 Å². The van der Waals surface area contributed by atoms with E-state index in [1.807, 2.05) is 0 Å². The van der Waals surface area contributed by atoms with E-state index in [0.29, 0.717) is 0 Å². The number of ether oxygens (including phenoxy) is 1. The maximum Gasteiger partial charge on any atom is 0.150 e. The first kappa shape index (κ1) is 9.87. The van der Waals surface area contributed by atoms with Crippen LogP contribution in [0.2, 0.25) is 0 Å². The molecular formula is C11H12OS2. The second-order valence-corrected chi connectivity index (χ2v) is 4.47.